The summed E-state index contributed by atoms with van der Waals surface area (Å²) in [5, 5.41) is 3.56. The van der Waals surface area contributed by atoms with Crippen LogP contribution in [-0.4, -0.2) is 31.7 Å². The molecule has 0 aliphatic heterocycles. The van der Waals surface area contributed by atoms with Crippen molar-refractivity contribution < 1.29 is 4.74 Å². The zero-order valence-corrected chi connectivity index (χ0v) is 10.0. The summed E-state index contributed by atoms with van der Waals surface area (Å²) in [6.45, 7) is 3.03. The van der Waals surface area contributed by atoms with E-state index in [1.165, 1.54) is 25.7 Å². The lowest BCUT2D eigenvalue weighted by Crippen LogP contribution is -2.42. The minimum absolute atomic E-state index is 0.299. The lowest BCUT2D eigenvalue weighted by Gasteiger charge is -2.31. The topological polar surface area (TPSA) is 21.3 Å². The Morgan fingerprint density at radius 2 is 2.14 bits per heavy atom. The molecule has 0 spiro atoms. The molecule has 0 bridgehead atoms. The fourth-order valence-corrected chi connectivity index (χ4v) is 2.43. The van der Waals surface area contributed by atoms with E-state index in [0.717, 1.165) is 12.4 Å². The van der Waals surface area contributed by atoms with Crippen LogP contribution >= 0.6 is 11.6 Å². The zero-order valence-electron chi connectivity index (χ0n) is 9.26. The van der Waals surface area contributed by atoms with E-state index in [9.17, 15) is 0 Å². The first-order valence-electron chi connectivity index (χ1n) is 5.60. The first kappa shape index (κ1) is 12.3. The first-order chi connectivity index (χ1) is 6.77. The number of hydrogen-bond donors (Lipinski definition) is 1. The molecular formula is C11H22ClNO. The number of ether oxygens (including phenoxy) is 1. The highest BCUT2D eigenvalue weighted by Gasteiger charge is 2.23. The lowest BCUT2D eigenvalue weighted by molar-refractivity contribution is 0.109. The molecule has 84 valence electrons. The maximum absolute atomic E-state index is 5.95. The van der Waals surface area contributed by atoms with Crippen molar-refractivity contribution in [3.63, 3.8) is 0 Å². The van der Waals surface area contributed by atoms with Gasteiger partial charge in [-0.25, -0.2) is 0 Å². The Hall–Kier alpha value is 0.210. The molecule has 0 aromatic heterocycles. The van der Waals surface area contributed by atoms with Crippen LogP contribution in [0.3, 0.4) is 0 Å². The van der Waals surface area contributed by atoms with Crippen LogP contribution in [0.4, 0.5) is 0 Å². The average molecular weight is 220 g/mol. The summed E-state index contributed by atoms with van der Waals surface area (Å²) in [7, 11) is 1.76. The molecule has 1 N–H and O–H groups in total. The van der Waals surface area contributed by atoms with Gasteiger partial charge in [-0.1, -0.05) is 12.8 Å². The van der Waals surface area contributed by atoms with Crippen molar-refractivity contribution in [1.82, 2.24) is 5.32 Å². The fraction of sp³-hybridized carbons (Fsp3) is 1.00. The average Bonchev–Trinajstić information content (AvgIpc) is 2.26. The normalized spacial score (nSPS) is 30.2. The van der Waals surface area contributed by atoms with Gasteiger partial charge in [-0.3, -0.25) is 0 Å². The summed E-state index contributed by atoms with van der Waals surface area (Å²) in [6.07, 6.45) is 5.53. The fourth-order valence-electron chi connectivity index (χ4n) is 2.06. The molecule has 0 heterocycles. The molecular weight excluding hydrogens is 198 g/mol. The molecule has 0 saturated heterocycles. The lowest BCUT2D eigenvalue weighted by atomic mass is 9.86. The smallest absolute Gasteiger partial charge is 0.0667 e. The summed E-state index contributed by atoms with van der Waals surface area (Å²) < 4.78 is 5.21. The molecule has 3 unspecified atom stereocenters. The van der Waals surface area contributed by atoms with E-state index in [0.29, 0.717) is 18.1 Å². The molecule has 1 aliphatic carbocycles. The van der Waals surface area contributed by atoms with Gasteiger partial charge in [0.15, 0.2) is 0 Å². The SMILES string of the molecule is COC(C)CNC1CCCCC1CCl. The Bertz CT molecular complexity index is 154. The summed E-state index contributed by atoms with van der Waals surface area (Å²) in [5.41, 5.74) is 0. The number of alkyl halides is 1. The Balaban J connectivity index is 2.26. The highest BCUT2D eigenvalue weighted by Crippen LogP contribution is 2.25. The van der Waals surface area contributed by atoms with Gasteiger partial charge in [0.1, 0.15) is 0 Å². The molecule has 1 rings (SSSR count). The van der Waals surface area contributed by atoms with Gasteiger partial charge >= 0.3 is 0 Å². The van der Waals surface area contributed by atoms with Crippen LogP contribution in [-0.2, 0) is 4.74 Å². The van der Waals surface area contributed by atoms with Gasteiger partial charge in [-0.05, 0) is 25.7 Å². The van der Waals surface area contributed by atoms with Crippen molar-refractivity contribution in [2.75, 3.05) is 19.5 Å². The third-order valence-electron chi connectivity index (χ3n) is 3.18. The van der Waals surface area contributed by atoms with E-state index in [1.807, 2.05) is 0 Å². The molecule has 2 nitrogen and oxygen atoms in total. The first-order valence-corrected chi connectivity index (χ1v) is 6.13. The van der Waals surface area contributed by atoms with Crippen LogP contribution in [0.5, 0.6) is 0 Å². The van der Waals surface area contributed by atoms with Crippen LogP contribution < -0.4 is 5.32 Å². The van der Waals surface area contributed by atoms with E-state index in [4.69, 9.17) is 16.3 Å². The number of halogens is 1. The number of nitrogens with one attached hydrogen (secondary N) is 1. The van der Waals surface area contributed by atoms with Crippen molar-refractivity contribution in [1.29, 1.82) is 0 Å². The molecule has 3 heteroatoms. The standard InChI is InChI=1S/C11H22ClNO/c1-9(14-2)8-13-11-6-4-3-5-10(11)7-12/h9-11,13H,3-8H2,1-2H3. The van der Waals surface area contributed by atoms with Crippen molar-refractivity contribution >= 4 is 11.6 Å². The van der Waals surface area contributed by atoms with Gasteiger partial charge in [0, 0.05) is 25.6 Å². The van der Waals surface area contributed by atoms with E-state index in [-0.39, 0.29) is 0 Å². The van der Waals surface area contributed by atoms with Crippen molar-refractivity contribution in [2.45, 2.75) is 44.8 Å². The molecule has 0 aromatic carbocycles. The van der Waals surface area contributed by atoms with E-state index in [1.54, 1.807) is 7.11 Å². The number of hydrogen-bond acceptors (Lipinski definition) is 2. The highest BCUT2D eigenvalue weighted by molar-refractivity contribution is 6.18. The molecule has 3 atom stereocenters. The van der Waals surface area contributed by atoms with Crippen LogP contribution in [0.15, 0.2) is 0 Å². The molecule has 0 amide bonds. The van der Waals surface area contributed by atoms with Gasteiger partial charge in [0.2, 0.25) is 0 Å². The third kappa shape index (κ3) is 3.76. The maximum Gasteiger partial charge on any atom is 0.0667 e. The van der Waals surface area contributed by atoms with Crippen molar-refractivity contribution in [2.24, 2.45) is 5.92 Å². The van der Waals surface area contributed by atoms with Gasteiger partial charge in [0.05, 0.1) is 6.10 Å². The second-order valence-corrected chi connectivity index (χ2v) is 4.57. The maximum atomic E-state index is 5.95. The summed E-state index contributed by atoms with van der Waals surface area (Å²) in [5.74, 6) is 1.45. The Morgan fingerprint density at radius 3 is 2.79 bits per heavy atom. The minimum atomic E-state index is 0.299. The molecule has 1 saturated carbocycles. The van der Waals surface area contributed by atoms with Crippen LogP contribution in [0.25, 0.3) is 0 Å². The molecule has 1 fully saturated rings. The monoisotopic (exact) mass is 219 g/mol. The zero-order chi connectivity index (χ0) is 10.4. The van der Waals surface area contributed by atoms with E-state index < -0.39 is 0 Å². The van der Waals surface area contributed by atoms with E-state index >= 15 is 0 Å². The van der Waals surface area contributed by atoms with Gasteiger partial charge in [-0.2, -0.15) is 0 Å². The van der Waals surface area contributed by atoms with Gasteiger partial charge in [-0.15, -0.1) is 11.6 Å². The Labute approximate surface area is 92.3 Å². The number of methoxy groups -OCH3 is 1. The molecule has 14 heavy (non-hydrogen) atoms. The van der Waals surface area contributed by atoms with Crippen LogP contribution in [0, 0.1) is 5.92 Å². The second-order valence-electron chi connectivity index (χ2n) is 4.26. The van der Waals surface area contributed by atoms with Gasteiger partial charge in [0.25, 0.3) is 0 Å². The predicted molar refractivity (Wildman–Crippen MR) is 60.9 cm³/mol. The van der Waals surface area contributed by atoms with Crippen molar-refractivity contribution in [3.8, 4) is 0 Å². The summed E-state index contributed by atoms with van der Waals surface area (Å²) in [4.78, 5) is 0. The third-order valence-corrected chi connectivity index (χ3v) is 3.57. The summed E-state index contributed by atoms with van der Waals surface area (Å²) >= 11 is 5.95. The van der Waals surface area contributed by atoms with Crippen LogP contribution in [0.2, 0.25) is 0 Å². The number of rotatable bonds is 5. The molecule has 0 aromatic rings. The molecule has 0 radical (unpaired) electrons. The predicted octanol–water partition coefficient (Wildman–Crippen LogP) is 2.41. The second kappa shape index (κ2) is 6.65. The van der Waals surface area contributed by atoms with Crippen LogP contribution in [0.1, 0.15) is 32.6 Å². The quantitative estimate of drug-likeness (QED) is 0.718. The van der Waals surface area contributed by atoms with Gasteiger partial charge < -0.3 is 10.1 Å². The largest absolute Gasteiger partial charge is 0.380 e. The highest BCUT2D eigenvalue weighted by atomic mass is 35.5. The minimum Gasteiger partial charge on any atom is -0.380 e. The van der Waals surface area contributed by atoms with Crippen molar-refractivity contribution in [3.05, 3.63) is 0 Å². The summed E-state index contributed by atoms with van der Waals surface area (Å²) in [6, 6.07) is 0.610. The molecule has 1 aliphatic rings. The Kier molecular flexibility index (Phi) is 5.83. The van der Waals surface area contributed by atoms with E-state index in [2.05, 4.69) is 12.2 Å². The Morgan fingerprint density at radius 1 is 1.43 bits per heavy atom.